The lowest BCUT2D eigenvalue weighted by Crippen LogP contribution is -2.12. The molecule has 3 nitrogen and oxygen atoms in total. The van der Waals surface area contributed by atoms with Crippen LogP contribution < -0.4 is 0 Å². The summed E-state index contributed by atoms with van der Waals surface area (Å²) in [6, 6.07) is 2.01. The van der Waals surface area contributed by atoms with Crippen LogP contribution in [-0.4, -0.2) is 15.3 Å². The van der Waals surface area contributed by atoms with Gasteiger partial charge in [0.05, 0.1) is 0 Å². The van der Waals surface area contributed by atoms with Crippen LogP contribution in [0.25, 0.3) is 5.13 Å². The zero-order valence-electron chi connectivity index (χ0n) is 9.99. The Morgan fingerprint density at radius 2 is 2.18 bits per heavy atom. The molecule has 0 spiro atoms. The fourth-order valence-corrected chi connectivity index (χ4v) is 3.29. The number of ketones is 1. The molecule has 88 valence electrons. The van der Waals surface area contributed by atoms with Gasteiger partial charge in [-0.2, -0.15) is 0 Å². The predicted octanol–water partition coefficient (Wildman–Crippen LogP) is 3.07. The summed E-state index contributed by atoms with van der Waals surface area (Å²) in [4.78, 5) is 17.5. The summed E-state index contributed by atoms with van der Waals surface area (Å²) in [5.41, 5.74) is 3.16. The lowest BCUT2D eigenvalue weighted by Gasteiger charge is -2.13. The number of fused-ring (bicyclic) bond motifs is 1. The van der Waals surface area contributed by atoms with Gasteiger partial charge in [0.2, 0.25) is 0 Å². The van der Waals surface area contributed by atoms with E-state index in [1.165, 1.54) is 4.88 Å². The van der Waals surface area contributed by atoms with Crippen molar-refractivity contribution in [2.45, 2.75) is 33.1 Å². The van der Waals surface area contributed by atoms with E-state index in [0.717, 1.165) is 34.9 Å². The van der Waals surface area contributed by atoms with E-state index in [4.69, 9.17) is 0 Å². The zero-order chi connectivity index (χ0) is 12.0. The Bertz CT molecular complexity index is 595. The van der Waals surface area contributed by atoms with Crippen molar-refractivity contribution in [3.8, 4) is 5.13 Å². The lowest BCUT2D eigenvalue weighted by atomic mass is 9.97. The Morgan fingerprint density at radius 3 is 2.88 bits per heavy atom. The molecule has 0 saturated heterocycles. The minimum absolute atomic E-state index is 0.279. The SMILES string of the molecule is Cc1cnc(-n2c(C)cc3c2CCCC3=O)s1. The van der Waals surface area contributed by atoms with Gasteiger partial charge in [0.25, 0.3) is 0 Å². The number of aromatic nitrogens is 2. The molecule has 1 aliphatic carbocycles. The molecular formula is C13H14N2OS. The van der Waals surface area contributed by atoms with E-state index in [0.29, 0.717) is 6.42 Å². The summed E-state index contributed by atoms with van der Waals surface area (Å²) < 4.78 is 2.14. The molecule has 0 atom stereocenters. The van der Waals surface area contributed by atoms with Gasteiger partial charge < -0.3 is 0 Å². The molecule has 3 rings (SSSR count). The highest BCUT2D eigenvalue weighted by atomic mass is 32.1. The third-order valence-corrected chi connectivity index (χ3v) is 4.10. The van der Waals surface area contributed by atoms with Crippen molar-refractivity contribution in [2.75, 3.05) is 0 Å². The van der Waals surface area contributed by atoms with E-state index < -0.39 is 0 Å². The van der Waals surface area contributed by atoms with Gasteiger partial charge in [-0.15, -0.1) is 11.3 Å². The number of aryl methyl sites for hydroxylation is 2. The summed E-state index contributed by atoms with van der Waals surface area (Å²) in [6.45, 7) is 4.10. The van der Waals surface area contributed by atoms with Crippen molar-refractivity contribution in [2.24, 2.45) is 0 Å². The maximum absolute atomic E-state index is 11.9. The van der Waals surface area contributed by atoms with Gasteiger partial charge in [0, 0.05) is 34.4 Å². The highest BCUT2D eigenvalue weighted by Crippen LogP contribution is 2.29. The molecule has 0 N–H and O–H groups in total. The van der Waals surface area contributed by atoms with Crippen LogP contribution in [0.15, 0.2) is 12.3 Å². The molecule has 0 bridgehead atoms. The topological polar surface area (TPSA) is 34.9 Å². The first-order valence-electron chi connectivity index (χ1n) is 5.84. The molecule has 2 heterocycles. The Morgan fingerprint density at radius 1 is 1.35 bits per heavy atom. The lowest BCUT2D eigenvalue weighted by molar-refractivity contribution is 0.0972. The summed E-state index contributed by atoms with van der Waals surface area (Å²) in [5.74, 6) is 0.279. The molecule has 4 heteroatoms. The van der Waals surface area contributed by atoms with Crippen molar-refractivity contribution < 1.29 is 4.79 Å². The average molecular weight is 246 g/mol. The normalized spacial score (nSPS) is 15.1. The maximum atomic E-state index is 11.9. The van der Waals surface area contributed by atoms with Crippen LogP contribution in [0.4, 0.5) is 0 Å². The third kappa shape index (κ3) is 1.63. The van der Waals surface area contributed by atoms with E-state index in [-0.39, 0.29) is 5.78 Å². The van der Waals surface area contributed by atoms with Crippen LogP contribution >= 0.6 is 11.3 Å². The number of carbonyl (C=O) groups excluding carboxylic acids is 1. The fraction of sp³-hybridized carbons (Fsp3) is 0.385. The first kappa shape index (κ1) is 10.7. The van der Waals surface area contributed by atoms with Gasteiger partial charge in [-0.05, 0) is 32.8 Å². The number of thiazole rings is 1. The first-order valence-corrected chi connectivity index (χ1v) is 6.65. The Balaban J connectivity index is 2.20. The van der Waals surface area contributed by atoms with E-state index in [9.17, 15) is 4.79 Å². The number of hydrogen-bond donors (Lipinski definition) is 0. The summed E-state index contributed by atoms with van der Waals surface area (Å²) in [6.07, 6.45) is 4.51. The molecule has 0 fully saturated rings. The Kier molecular flexibility index (Phi) is 2.40. The summed E-state index contributed by atoms with van der Waals surface area (Å²) in [5, 5.41) is 0.982. The van der Waals surface area contributed by atoms with E-state index in [2.05, 4.69) is 16.5 Å². The van der Waals surface area contributed by atoms with E-state index >= 15 is 0 Å². The minimum atomic E-state index is 0.279. The van der Waals surface area contributed by atoms with Gasteiger partial charge >= 0.3 is 0 Å². The van der Waals surface area contributed by atoms with Crippen molar-refractivity contribution in [1.82, 2.24) is 9.55 Å². The third-order valence-electron chi connectivity index (χ3n) is 3.20. The monoisotopic (exact) mass is 246 g/mol. The van der Waals surface area contributed by atoms with Crippen LogP contribution in [-0.2, 0) is 6.42 Å². The van der Waals surface area contributed by atoms with Crippen molar-refractivity contribution in [3.63, 3.8) is 0 Å². The van der Waals surface area contributed by atoms with E-state index in [1.807, 2.05) is 19.2 Å². The van der Waals surface area contributed by atoms with Crippen LogP contribution in [0.2, 0.25) is 0 Å². The molecule has 0 saturated carbocycles. The smallest absolute Gasteiger partial charge is 0.194 e. The molecule has 0 amide bonds. The van der Waals surface area contributed by atoms with Crippen molar-refractivity contribution in [1.29, 1.82) is 0 Å². The summed E-state index contributed by atoms with van der Waals surface area (Å²) in [7, 11) is 0. The average Bonchev–Trinajstić information content (AvgIpc) is 2.82. The standard InChI is InChI=1S/C13H14N2OS/c1-8-6-10-11(4-3-5-12(10)16)15(8)13-14-7-9(2)17-13/h6-7H,3-5H2,1-2H3. The van der Waals surface area contributed by atoms with Gasteiger partial charge in [-0.1, -0.05) is 0 Å². The Hall–Kier alpha value is -1.42. The van der Waals surface area contributed by atoms with Crippen LogP contribution in [0.3, 0.4) is 0 Å². The van der Waals surface area contributed by atoms with Gasteiger partial charge in [0.1, 0.15) is 0 Å². The summed E-state index contributed by atoms with van der Waals surface area (Å²) >= 11 is 1.67. The second-order valence-corrected chi connectivity index (χ2v) is 5.72. The minimum Gasteiger partial charge on any atom is -0.294 e. The fourth-order valence-electron chi connectivity index (χ4n) is 2.44. The molecule has 2 aromatic heterocycles. The molecule has 17 heavy (non-hydrogen) atoms. The van der Waals surface area contributed by atoms with Crippen molar-refractivity contribution in [3.05, 3.63) is 34.1 Å². The molecule has 0 aliphatic heterocycles. The number of Topliss-reactive ketones (excluding diaryl/α,β-unsaturated/α-hetero) is 1. The molecule has 1 aliphatic rings. The predicted molar refractivity (Wildman–Crippen MR) is 68.2 cm³/mol. The molecule has 2 aromatic rings. The highest BCUT2D eigenvalue weighted by Gasteiger charge is 2.23. The van der Waals surface area contributed by atoms with E-state index in [1.54, 1.807) is 11.3 Å². The second-order valence-electron chi connectivity index (χ2n) is 4.51. The number of hydrogen-bond acceptors (Lipinski definition) is 3. The largest absolute Gasteiger partial charge is 0.294 e. The number of nitrogens with zero attached hydrogens (tertiary/aromatic N) is 2. The van der Waals surface area contributed by atoms with Gasteiger partial charge in [-0.3, -0.25) is 9.36 Å². The van der Waals surface area contributed by atoms with Gasteiger partial charge in [-0.25, -0.2) is 4.98 Å². The van der Waals surface area contributed by atoms with Gasteiger partial charge in [0.15, 0.2) is 10.9 Å². The maximum Gasteiger partial charge on any atom is 0.194 e. The Labute approximate surface area is 104 Å². The van der Waals surface area contributed by atoms with Crippen LogP contribution in [0, 0.1) is 13.8 Å². The molecule has 0 aromatic carbocycles. The number of rotatable bonds is 1. The zero-order valence-corrected chi connectivity index (χ0v) is 10.8. The quantitative estimate of drug-likeness (QED) is 0.775. The van der Waals surface area contributed by atoms with Crippen LogP contribution in [0.5, 0.6) is 0 Å². The molecular weight excluding hydrogens is 232 g/mol. The van der Waals surface area contributed by atoms with Crippen molar-refractivity contribution >= 4 is 17.1 Å². The molecule has 0 radical (unpaired) electrons. The highest BCUT2D eigenvalue weighted by molar-refractivity contribution is 7.14. The number of carbonyl (C=O) groups is 1. The second kappa shape index (κ2) is 3.81. The molecule has 0 unspecified atom stereocenters. The van der Waals surface area contributed by atoms with Crippen LogP contribution in [0.1, 0.15) is 39.5 Å². The first-order chi connectivity index (χ1) is 8.16.